The summed E-state index contributed by atoms with van der Waals surface area (Å²) in [6.45, 7) is 2.23. The molecule has 2 aromatic rings. The molecule has 1 N–H and O–H groups in total. The van der Waals surface area contributed by atoms with Gasteiger partial charge in [0.05, 0.1) is 20.3 Å². The van der Waals surface area contributed by atoms with Crippen molar-refractivity contribution in [3.63, 3.8) is 0 Å². The number of amides is 2. The van der Waals surface area contributed by atoms with Crippen molar-refractivity contribution in [2.24, 2.45) is 0 Å². The fourth-order valence-corrected chi connectivity index (χ4v) is 3.74. The van der Waals surface area contributed by atoms with Crippen molar-refractivity contribution in [2.45, 2.75) is 31.8 Å². The van der Waals surface area contributed by atoms with Crippen LogP contribution in [0, 0.1) is 18.3 Å². The first-order valence-electron chi connectivity index (χ1n) is 10.4. The molecule has 0 aliphatic carbocycles. The van der Waals surface area contributed by atoms with Crippen LogP contribution >= 0.6 is 0 Å². The average molecular weight is 437 g/mol. The van der Waals surface area contributed by atoms with Gasteiger partial charge in [-0.1, -0.05) is 24.3 Å². The van der Waals surface area contributed by atoms with Gasteiger partial charge < -0.3 is 24.4 Å². The van der Waals surface area contributed by atoms with Gasteiger partial charge in [-0.15, -0.1) is 0 Å². The smallest absolute Gasteiger partial charge is 0.261 e. The van der Waals surface area contributed by atoms with Gasteiger partial charge in [0.15, 0.2) is 18.1 Å². The summed E-state index contributed by atoms with van der Waals surface area (Å²) in [5.74, 6) is 1.00. The van der Waals surface area contributed by atoms with Crippen LogP contribution < -0.4 is 19.5 Å². The maximum Gasteiger partial charge on any atom is 0.261 e. The molecule has 8 heteroatoms. The number of hydrogen-bond acceptors (Lipinski definition) is 6. The van der Waals surface area contributed by atoms with E-state index in [1.165, 1.54) is 19.1 Å². The van der Waals surface area contributed by atoms with Crippen molar-refractivity contribution in [1.29, 1.82) is 5.26 Å². The minimum Gasteiger partial charge on any atom is -0.493 e. The van der Waals surface area contributed by atoms with Crippen LogP contribution in [0.2, 0.25) is 0 Å². The summed E-state index contributed by atoms with van der Waals surface area (Å²) in [6, 6.07) is 13.1. The van der Waals surface area contributed by atoms with E-state index >= 15 is 0 Å². The lowest BCUT2D eigenvalue weighted by molar-refractivity contribution is -0.140. The second-order valence-electron chi connectivity index (χ2n) is 7.48. The number of likely N-dealkylation sites (tertiary alicyclic amines) is 1. The second kappa shape index (κ2) is 10.5. The van der Waals surface area contributed by atoms with Crippen LogP contribution in [-0.4, -0.2) is 50.1 Å². The Kier molecular flexibility index (Phi) is 7.55. The van der Waals surface area contributed by atoms with Gasteiger partial charge in [-0.05, 0) is 49.1 Å². The molecule has 1 aliphatic heterocycles. The Bertz CT molecular complexity index is 1020. The molecule has 0 saturated carbocycles. The highest BCUT2D eigenvalue weighted by Gasteiger charge is 2.35. The third-order valence-electron chi connectivity index (χ3n) is 5.48. The summed E-state index contributed by atoms with van der Waals surface area (Å²) in [5, 5.41) is 12.4. The van der Waals surface area contributed by atoms with Gasteiger partial charge in [-0.3, -0.25) is 9.59 Å². The summed E-state index contributed by atoms with van der Waals surface area (Å²) in [5.41, 5.74) is 1.50. The third kappa shape index (κ3) is 5.11. The molecular weight excluding hydrogens is 410 g/mol. The Morgan fingerprint density at radius 3 is 2.59 bits per heavy atom. The van der Waals surface area contributed by atoms with E-state index in [4.69, 9.17) is 14.2 Å². The van der Waals surface area contributed by atoms with Crippen LogP contribution in [0.4, 0.5) is 0 Å². The number of nitrogens with one attached hydrogen (secondary N) is 1. The standard InChI is InChI=1S/C24H27N3O5/c1-16-7-4-5-9-20(16)32-15-23(28)27-12-6-8-19(27)24(29)26-18(14-25)17-10-11-21(30-2)22(13-17)31-3/h4-5,7,9-11,13,18-19H,6,8,12,15H2,1-3H3,(H,26,29)/t18?,19-/m0/s1. The molecule has 1 fully saturated rings. The minimum atomic E-state index is -0.886. The summed E-state index contributed by atoms with van der Waals surface area (Å²) in [7, 11) is 3.03. The molecule has 32 heavy (non-hydrogen) atoms. The quantitative estimate of drug-likeness (QED) is 0.682. The number of nitrogens with zero attached hydrogens (tertiary/aromatic N) is 2. The third-order valence-corrected chi connectivity index (χ3v) is 5.48. The zero-order chi connectivity index (χ0) is 23.1. The van der Waals surface area contributed by atoms with Crippen LogP contribution in [-0.2, 0) is 9.59 Å². The van der Waals surface area contributed by atoms with Gasteiger partial charge in [0, 0.05) is 6.54 Å². The Hall–Kier alpha value is -3.73. The van der Waals surface area contributed by atoms with Crippen LogP contribution in [0.5, 0.6) is 17.2 Å². The highest BCUT2D eigenvalue weighted by molar-refractivity contribution is 5.89. The fourth-order valence-electron chi connectivity index (χ4n) is 3.74. The van der Waals surface area contributed by atoms with Crippen molar-refractivity contribution in [2.75, 3.05) is 27.4 Å². The number of hydrogen-bond donors (Lipinski definition) is 1. The Balaban J connectivity index is 1.66. The number of carbonyl (C=O) groups is 2. The van der Waals surface area contributed by atoms with Gasteiger partial charge in [0.2, 0.25) is 5.91 Å². The first-order valence-corrected chi connectivity index (χ1v) is 10.4. The lowest BCUT2D eigenvalue weighted by Gasteiger charge is -2.25. The van der Waals surface area contributed by atoms with Crippen LogP contribution in [0.1, 0.15) is 30.0 Å². The highest BCUT2D eigenvalue weighted by Crippen LogP contribution is 2.30. The molecule has 1 unspecified atom stereocenters. The molecule has 0 spiro atoms. The van der Waals surface area contributed by atoms with Gasteiger partial charge in [-0.2, -0.15) is 5.26 Å². The zero-order valence-corrected chi connectivity index (χ0v) is 18.5. The normalized spacial score (nSPS) is 16.1. The van der Waals surface area contributed by atoms with Crippen molar-refractivity contribution >= 4 is 11.8 Å². The summed E-state index contributed by atoms with van der Waals surface area (Å²) in [6.07, 6.45) is 1.24. The molecule has 3 rings (SSSR count). The molecule has 1 aliphatic rings. The maximum absolute atomic E-state index is 13.0. The monoisotopic (exact) mass is 437 g/mol. The molecule has 1 heterocycles. The number of ether oxygens (including phenoxy) is 3. The maximum atomic E-state index is 13.0. The van der Waals surface area contributed by atoms with Crippen molar-refractivity contribution in [1.82, 2.24) is 10.2 Å². The van der Waals surface area contributed by atoms with Gasteiger partial charge in [0.25, 0.3) is 5.91 Å². The zero-order valence-electron chi connectivity index (χ0n) is 18.5. The van der Waals surface area contributed by atoms with E-state index in [2.05, 4.69) is 11.4 Å². The SMILES string of the molecule is COc1ccc(C(C#N)NC(=O)[C@@H]2CCCN2C(=O)COc2ccccc2C)cc1OC. The Labute approximate surface area is 187 Å². The molecule has 2 atom stereocenters. The Morgan fingerprint density at radius 1 is 1.16 bits per heavy atom. The van der Waals surface area contributed by atoms with Gasteiger partial charge >= 0.3 is 0 Å². The topological polar surface area (TPSA) is 101 Å². The van der Waals surface area contributed by atoms with Gasteiger partial charge in [-0.25, -0.2) is 0 Å². The number of nitriles is 1. The molecule has 1 saturated heterocycles. The molecule has 0 radical (unpaired) electrons. The highest BCUT2D eigenvalue weighted by atomic mass is 16.5. The van der Waals surface area contributed by atoms with Gasteiger partial charge in [0.1, 0.15) is 17.8 Å². The van der Waals surface area contributed by atoms with Crippen LogP contribution in [0.15, 0.2) is 42.5 Å². The molecule has 2 aromatic carbocycles. The molecule has 8 nitrogen and oxygen atoms in total. The summed E-state index contributed by atoms with van der Waals surface area (Å²) < 4.78 is 16.2. The van der Waals surface area contributed by atoms with Crippen molar-refractivity contribution in [3.05, 3.63) is 53.6 Å². The predicted octanol–water partition coefficient (Wildman–Crippen LogP) is 2.76. The van der Waals surface area contributed by atoms with E-state index in [1.807, 2.05) is 25.1 Å². The number of para-hydroxylation sites is 1. The number of carbonyl (C=O) groups excluding carboxylic acids is 2. The number of rotatable bonds is 8. The summed E-state index contributed by atoms with van der Waals surface area (Å²) in [4.78, 5) is 27.2. The van der Waals surface area contributed by atoms with Crippen molar-refractivity contribution in [3.8, 4) is 23.3 Å². The average Bonchev–Trinajstić information content (AvgIpc) is 3.31. The van der Waals surface area contributed by atoms with Crippen LogP contribution in [0.25, 0.3) is 0 Å². The van der Waals surface area contributed by atoms with E-state index in [-0.39, 0.29) is 18.4 Å². The van der Waals surface area contributed by atoms with E-state index in [9.17, 15) is 14.9 Å². The van der Waals surface area contributed by atoms with Crippen molar-refractivity contribution < 1.29 is 23.8 Å². The Morgan fingerprint density at radius 2 is 1.91 bits per heavy atom. The lowest BCUT2D eigenvalue weighted by Crippen LogP contribution is -2.48. The van der Waals surface area contributed by atoms with E-state index in [0.717, 1.165) is 5.56 Å². The molecule has 0 aromatic heterocycles. The molecule has 2 amide bonds. The number of methoxy groups -OCH3 is 2. The van der Waals surface area contributed by atoms with E-state index < -0.39 is 12.1 Å². The lowest BCUT2D eigenvalue weighted by atomic mass is 10.1. The first kappa shape index (κ1) is 22.9. The number of aryl methyl sites for hydroxylation is 1. The molecule has 168 valence electrons. The molecule has 0 bridgehead atoms. The number of benzene rings is 2. The largest absolute Gasteiger partial charge is 0.493 e. The molecular formula is C24H27N3O5. The minimum absolute atomic E-state index is 0.147. The van der Waals surface area contributed by atoms with E-state index in [1.54, 1.807) is 24.3 Å². The predicted molar refractivity (Wildman–Crippen MR) is 117 cm³/mol. The second-order valence-corrected chi connectivity index (χ2v) is 7.48. The first-order chi connectivity index (χ1) is 15.5. The summed E-state index contributed by atoms with van der Waals surface area (Å²) >= 11 is 0. The van der Waals surface area contributed by atoms with Crippen LogP contribution in [0.3, 0.4) is 0 Å². The van der Waals surface area contributed by atoms with E-state index in [0.29, 0.717) is 42.2 Å². The fraction of sp³-hybridized carbons (Fsp3) is 0.375.